The van der Waals surface area contributed by atoms with Crippen molar-refractivity contribution in [3.8, 4) is 0 Å². The van der Waals surface area contributed by atoms with Crippen molar-refractivity contribution in [1.82, 2.24) is 10.2 Å². The lowest BCUT2D eigenvalue weighted by Crippen LogP contribution is -1.90. The van der Waals surface area contributed by atoms with E-state index in [1.54, 1.807) is 11.8 Å². The third-order valence-electron chi connectivity index (χ3n) is 2.05. The largest absolute Gasteiger partial charge is 0.159 e. The van der Waals surface area contributed by atoms with Crippen molar-refractivity contribution in [2.45, 2.75) is 18.4 Å². The Labute approximate surface area is 98.0 Å². The van der Waals surface area contributed by atoms with Crippen LogP contribution in [0.15, 0.2) is 29.3 Å². The minimum absolute atomic E-state index is 0.478. The van der Waals surface area contributed by atoms with Crippen LogP contribution in [0, 0.1) is 0 Å². The number of rotatable bonds is 3. The topological polar surface area (TPSA) is 25.8 Å². The van der Waals surface area contributed by atoms with Crippen LogP contribution in [-0.4, -0.2) is 16.0 Å². The second kappa shape index (κ2) is 4.81. The fourth-order valence-corrected chi connectivity index (χ4v) is 2.38. The van der Waals surface area contributed by atoms with Crippen LogP contribution >= 0.6 is 23.4 Å². The Morgan fingerprint density at radius 2 is 1.93 bits per heavy atom. The summed E-state index contributed by atoms with van der Waals surface area (Å²) < 4.78 is 0. The Morgan fingerprint density at radius 3 is 2.67 bits per heavy atom. The number of hydrogen-bond donors (Lipinski definition) is 0. The van der Waals surface area contributed by atoms with Gasteiger partial charge < -0.3 is 0 Å². The van der Waals surface area contributed by atoms with Crippen LogP contribution in [0.3, 0.4) is 0 Å². The molecule has 15 heavy (non-hydrogen) atoms. The number of hydrogen-bond acceptors (Lipinski definition) is 3. The van der Waals surface area contributed by atoms with Gasteiger partial charge in [-0.3, -0.25) is 0 Å². The maximum absolute atomic E-state index is 5.98. The Hall–Kier alpha value is -0.800. The summed E-state index contributed by atoms with van der Waals surface area (Å²) in [6.07, 6.45) is 1.13. The maximum atomic E-state index is 5.98. The van der Waals surface area contributed by atoms with Gasteiger partial charge in [0.25, 0.3) is 0 Å². The minimum atomic E-state index is 0.478. The molecule has 78 valence electrons. The molecule has 0 bridgehead atoms. The summed E-state index contributed by atoms with van der Waals surface area (Å²) in [5.74, 6) is 1.06. The van der Waals surface area contributed by atoms with E-state index >= 15 is 0 Å². The molecule has 0 atom stereocenters. The standard InChI is InChI=1S/C11H11ClN2S/c1-2-7-15-11-9-6-4-3-5-8(9)10(12)13-14-11/h3-6H,2,7H2,1H3. The van der Waals surface area contributed by atoms with E-state index in [1.807, 2.05) is 24.3 Å². The first-order valence-corrected chi connectivity index (χ1v) is 6.23. The monoisotopic (exact) mass is 238 g/mol. The summed E-state index contributed by atoms with van der Waals surface area (Å²) in [5.41, 5.74) is 0. The van der Waals surface area contributed by atoms with Gasteiger partial charge in [0.2, 0.25) is 0 Å². The highest BCUT2D eigenvalue weighted by Crippen LogP contribution is 2.28. The van der Waals surface area contributed by atoms with Crippen LogP contribution in [0.5, 0.6) is 0 Å². The van der Waals surface area contributed by atoms with E-state index in [0.717, 1.165) is 28.0 Å². The van der Waals surface area contributed by atoms with E-state index in [0.29, 0.717) is 5.15 Å². The molecule has 0 aliphatic rings. The molecule has 0 fully saturated rings. The fraction of sp³-hybridized carbons (Fsp3) is 0.273. The highest BCUT2D eigenvalue weighted by Gasteiger charge is 2.06. The van der Waals surface area contributed by atoms with Crippen LogP contribution < -0.4 is 0 Å². The molecule has 0 saturated carbocycles. The lowest BCUT2D eigenvalue weighted by Gasteiger charge is -2.04. The van der Waals surface area contributed by atoms with Crippen molar-refractivity contribution in [2.24, 2.45) is 0 Å². The van der Waals surface area contributed by atoms with Gasteiger partial charge in [0.15, 0.2) is 5.15 Å². The normalized spacial score (nSPS) is 10.8. The highest BCUT2D eigenvalue weighted by molar-refractivity contribution is 7.99. The van der Waals surface area contributed by atoms with Gasteiger partial charge in [-0.15, -0.1) is 22.0 Å². The Kier molecular flexibility index (Phi) is 3.44. The van der Waals surface area contributed by atoms with Crippen LogP contribution in [0.25, 0.3) is 10.8 Å². The molecule has 0 saturated heterocycles. The molecule has 2 aromatic rings. The summed E-state index contributed by atoms with van der Waals surface area (Å²) in [6, 6.07) is 7.97. The average Bonchev–Trinajstić information content (AvgIpc) is 2.29. The lowest BCUT2D eigenvalue weighted by molar-refractivity contribution is 0.953. The minimum Gasteiger partial charge on any atom is -0.142 e. The molecular weight excluding hydrogens is 228 g/mol. The zero-order chi connectivity index (χ0) is 10.7. The van der Waals surface area contributed by atoms with E-state index in [9.17, 15) is 0 Å². The average molecular weight is 239 g/mol. The molecule has 2 nitrogen and oxygen atoms in total. The summed E-state index contributed by atoms with van der Waals surface area (Å²) in [4.78, 5) is 0. The Balaban J connectivity index is 2.51. The maximum Gasteiger partial charge on any atom is 0.159 e. The van der Waals surface area contributed by atoms with Gasteiger partial charge in [-0.2, -0.15) is 0 Å². The van der Waals surface area contributed by atoms with Crippen molar-refractivity contribution in [3.63, 3.8) is 0 Å². The number of halogens is 1. The molecule has 1 aromatic heterocycles. The first kappa shape index (κ1) is 10.7. The van der Waals surface area contributed by atoms with Gasteiger partial charge in [0.05, 0.1) is 0 Å². The third kappa shape index (κ3) is 2.24. The van der Waals surface area contributed by atoms with Crippen molar-refractivity contribution < 1.29 is 0 Å². The van der Waals surface area contributed by atoms with Crippen molar-refractivity contribution >= 4 is 34.1 Å². The smallest absolute Gasteiger partial charge is 0.142 e. The van der Waals surface area contributed by atoms with E-state index in [1.165, 1.54) is 0 Å². The van der Waals surface area contributed by atoms with Crippen molar-refractivity contribution in [1.29, 1.82) is 0 Å². The predicted molar refractivity (Wildman–Crippen MR) is 65.6 cm³/mol. The Morgan fingerprint density at radius 1 is 1.20 bits per heavy atom. The molecule has 0 radical (unpaired) electrons. The van der Waals surface area contributed by atoms with Crippen LogP contribution in [0.4, 0.5) is 0 Å². The summed E-state index contributed by atoms with van der Waals surface area (Å²) >= 11 is 7.71. The first-order valence-electron chi connectivity index (χ1n) is 4.86. The van der Waals surface area contributed by atoms with E-state index < -0.39 is 0 Å². The number of nitrogens with zero attached hydrogens (tertiary/aromatic N) is 2. The van der Waals surface area contributed by atoms with Crippen LogP contribution in [0.2, 0.25) is 5.15 Å². The third-order valence-corrected chi connectivity index (χ3v) is 3.52. The van der Waals surface area contributed by atoms with Gasteiger partial charge >= 0.3 is 0 Å². The van der Waals surface area contributed by atoms with Crippen molar-refractivity contribution in [2.75, 3.05) is 5.75 Å². The van der Waals surface area contributed by atoms with Crippen LogP contribution in [0.1, 0.15) is 13.3 Å². The fourth-order valence-electron chi connectivity index (χ4n) is 1.35. The van der Waals surface area contributed by atoms with Gasteiger partial charge in [0, 0.05) is 10.8 Å². The molecule has 0 aliphatic carbocycles. The first-order chi connectivity index (χ1) is 7.33. The molecule has 0 aliphatic heterocycles. The van der Waals surface area contributed by atoms with E-state index in [-0.39, 0.29) is 0 Å². The van der Waals surface area contributed by atoms with Crippen molar-refractivity contribution in [3.05, 3.63) is 29.4 Å². The van der Waals surface area contributed by atoms with E-state index in [2.05, 4.69) is 17.1 Å². The summed E-state index contributed by atoms with van der Waals surface area (Å²) in [7, 11) is 0. The Bertz CT molecular complexity index is 473. The van der Waals surface area contributed by atoms with Gasteiger partial charge in [-0.05, 0) is 12.2 Å². The predicted octanol–water partition coefficient (Wildman–Crippen LogP) is 3.79. The lowest BCUT2D eigenvalue weighted by atomic mass is 10.2. The van der Waals surface area contributed by atoms with E-state index in [4.69, 9.17) is 11.6 Å². The number of benzene rings is 1. The molecule has 0 amide bonds. The second-order valence-electron chi connectivity index (χ2n) is 3.19. The highest BCUT2D eigenvalue weighted by atomic mass is 35.5. The molecule has 1 aromatic carbocycles. The molecule has 0 spiro atoms. The number of fused-ring (bicyclic) bond motifs is 1. The van der Waals surface area contributed by atoms with Gasteiger partial charge in [-0.25, -0.2) is 0 Å². The summed E-state index contributed by atoms with van der Waals surface area (Å²) in [6.45, 7) is 2.15. The molecule has 2 rings (SSSR count). The zero-order valence-electron chi connectivity index (χ0n) is 8.40. The number of thioether (sulfide) groups is 1. The molecule has 0 unspecified atom stereocenters. The molecule has 1 heterocycles. The van der Waals surface area contributed by atoms with Gasteiger partial charge in [-0.1, -0.05) is 42.8 Å². The quantitative estimate of drug-likeness (QED) is 0.761. The second-order valence-corrected chi connectivity index (χ2v) is 4.63. The zero-order valence-corrected chi connectivity index (χ0v) is 9.98. The van der Waals surface area contributed by atoms with Gasteiger partial charge in [0.1, 0.15) is 5.03 Å². The van der Waals surface area contributed by atoms with Crippen LogP contribution in [-0.2, 0) is 0 Å². The molecule has 0 N–H and O–H groups in total. The summed E-state index contributed by atoms with van der Waals surface area (Å²) in [5, 5.41) is 11.6. The molecule has 4 heteroatoms. The number of aromatic nitrogens is 2. The SMILES string of the molecule is CCCSc1nnc(Cl)c2ccccc12. The molecular formula is C11H11ClN2S.